The summed E-state index contributed by atoms with van der Waals surface area (Å²) < 4.78 is 10.4. The van der Waals surface area contributed by atoms with Crippen LogP contribution in [-0.2, 0) is 9.53 Å². The van der Waals surface area contributed by atoms with E-state index in [4.69, 9.17) is 21.1 Å². The van der Waals surface area contributed by atoms with Crippen LogP contribution in [0, 0.1) is 10.1 Å². The summed E-state index contributed by atoms with van der Waals surface area (Å²) in [5.74, 6) is -0.428. The largest absolute Gasteiger partial charge is 0.507 e. The second kappa shape index (κ2) is 7.46. The number of ether oxygens (including phenoxy) is 2. The van der Waals surface area contributed by atoms with Crippen LogP contribution in [0.4, 0.5) is 5.69 Å². The van der Waals surface area contributed by atoms with Gasteiger partial charge in [0.2, 0.25) is 5.90 Å². The highest BCUT2D eigenvalue weighted by molar-refractivity contribution is 6.32. The number of cyclic esters (lactones) is 1. The smallest absolute Gasteiger partial charge is 0.363 e. The third-order valence-electron chi connectivity index (χ3n) is 3.62. The molecule has 0 atom stereocenters. The summed E-state index contributed by atoms with van der Waals surface area (Å²) in [6, 6.07) is 8.59. The SMILES string of the molecule is CCOc1ccc(C=C2N=C(c3ccc(Cl)c([N+](=O)[O-])c3)OC2=O)c(O)c1. The van der Waals surface area contributed by atoms with Gasteiger partial charge in [-0.05, 0) is 37.3 Å². The number of nitro groups is 1. The number of hydrogen-bond acceptors (Lipinski definition) is 7. The first-order valence-electron chi connectivity index (χ1n) is 7.81. The molecule has 0 radical (unpaired) electrons. The van der Waals surface area contributed by atoms with E-state index in [-0.39, 0.29) is 33.6 Å². The molecule has 27 heavy (non-hydrogen) atoms. The van der Waals surface area contributed by atoms with Crippen LogP contribution in [0.15, 0.2) is 47.1 Å². The second-order valence-corrected chi connectivity index (χ2v) is 5.82. The molecule has 0 bridgehead atoms. The molecule has 0 saturated heterocycles. The highest BCUT2D eigenvalue weighted by atomic mass is 35.5. The zero-order valence-electron chi connectivity index (χ0n) is 14.0. The Morgan fingerprint density at radius 3 is 2.78 bits per heavy atom. The maximum atomic E-state index is 12.1. The fourth-order valence-electron chi connectivity index (χ4n) is 2.37. The molecule has 8 nitrogen and oxygen atoms in total. The van der Waals surface area contributed by atoms with Gasteiger partial charge in [-0.2, -0.15) is 0 Å². The van der Waals surface area contributed by atoms with Gasteiger partial charge in [0.1, 0.15) is 16.5 Å². The van der Waals surface area contributed by atoms with Crippen LogP contribution < -0.4 is 4.74 Å². The zero-order valence-corrected chi connectivity index (χ0v) is 14.8. The first-order chi connectivity index (χ1) is 12.9. The van der Waals surface area contributed by atoms with Gasteiger partial charge in [0.05, 0.1) is 11.5 Å². The summed E-state index contributed by atoms with van der Waals surface area (Å²) in [6.07, 6.45) is 1.35. The predicted octanol–water partition coefficient (Wildman–Crippen LogP) is 3.70. The standard InChI is InChI=1S/C18H13ClN2O6/c1-2-26-12-5-3-10(16(22)9-12)7-14-18(23)27-17(20-14)11-4-6-13(19)15(8-11)21(24)25/h3-9,22H,2H2,1H3. The molecular formula is C18H13ClN2O6. The molecule has 0 spiro atoms. The number of halogens is 1. The van der Waals surface area contributed by atoms with Crippen molar-refractivity contribution in [1.29, 1.82) is 0 Å². The van der Waals surface area contributed by atoms with Gasteiger partial charge in [0.25, 0.3) is 5.69 Å². The number of benzene rings is 2. The van der Waals surface area contributed by atoms with E-state index in [1.54, 1.807) is 12.1 Å². The van der Waals surface area contributed by atoms with Crippen LogP contribution in [0.1, 0.15) is 18.1 Å². The molecule has 0 fully saturated rings. The Bertz CT molecular complexity index is 999. The number of nitrogens with zero attached hydrogens (tertiary/aromatic N) is 2. The fraction of sp³-hybridized carbons (Fsp3) is 0.111. The van der Waals surface area contributed by atoms with Gasteiger partial charge < -0.3 is 14.6 Å². The maximum absolute atomic E-state index is 12.1. The Hall–Kier alpha value is -3.39. The first kappa shape index (κ1) is 18.4. The Labute approximate surface area is 158 Å². The first-order valence-corrected chi connectivity index (χ1v) is 8.19. The minimum absolute atomic E-state index is 0.0382. The average Bonchev–Trinajstić information content (AvgIpc) is 2.98. The molecule has 3 rings (SSSR count). The van der Waals surface area contributed by atoms with E-state index in [2.05, 4.69) is 4.99 Å². The molecule has 9 heteroatoms. The molecule has 1 aliphatic rings. The molecule has 1 aliphatic heterocycles. The molecule has 0 amide bonds. The van der Waals surface area contributed by atoms with Gasteiger partial charge in [-0.1, -0.05) is 11.6 Å². The van der Waals surface area contributed by atoms with Crippen molar-refractivity contribution in [2.75, 3.05) is 6.61 Å². The highest BCUT2D eigenvalue weighted by Crippen LogP contribution is 2.29. The zero-order chi connectivity index (χ0) is 19.6. The van der Waals surface area contributed by atoms with E-state index in [9.17, 15) is 20.0 Å². The van der Waals surface area contributed by atoms with Crippen molar-refractivity contribution < 1.29 is 24.3 Å². The van der Waals surface area contributed by atoms with Gasteiger partial charge >= 0.3 is 5.97 Å². The molecule has 2 aromatic rings. The number of hydrogen-bond donors (Lipinski definition) is 1. The molecule has 1 heterocycles. The van der Waals surface area contributed by atoms with Gasteiger partial charge in [-0.3, -0.25) is 10.1 Å². The summed E-state index contributed by atoms with van der Waals surface area (Å²) in [5, 5.41) is 21.0. The van der Waals surface area contributed by atoms with Gasteiger partial charge in [-0.25, -0.2) is 9.79 Å². The lowest BCUT2D eigenvalue weighted by Crippen LogP contribution is -2.06. The van der Waals surface area contributed by atoms with Crippen molar-refractivity contribution in [2.24, 2.45) is 4.99 Å². The number of nitro benzene ring substituents is 1. The van der Waals surface area contributed by atoms with E-state index in [0.29, 0.717) is 17.9 Å². The number of rotatable bonds is 5. The quantitative estimate of drug-likeness (QED) is 0.362. The number of aliphatic imine (C=N–C) groups is 1. The number of esters is 1. The third-order valence-corrected chi connectivity index (χ3v) is 3.94. The van der Waals surface area contributed by atoms with Crippen molar-refractivity contribution in [3.63, 3.8) is 0 Å². The van der Waals surface area contributed by atoms with Gasteiger partial charge in [0, 0.05) is 23.3 Å². The fourth-order valence-corrected chi connectivity index (χ4v) is 2.55. The summed E-state index contributed by atoms with van der Waals surface area (Å²) in [4.78, 5) is 26.5. The third kappa shape index (κ3) is 3.90. The Morgan fingerprint density at radius 1 is 1.33 bits per heavy atom. The molecule has 0 saturated carbocycles. The molecule has 138 valence electrons. The van der Waals surface area contributed by atoms with E-state index < -0.39 is 10.9 Å². The summed E-state index contributed by atoms with van der Waals surface area (Å²) in [6.45, 7) is 2.27. The molecular weight excluding hydrogens is 376 g/mol. The lowest BCUT2D eigenvalue weighted by atomic mass is 10.1. The summed E-state index contributed by atoms with van der Waals surface area (Å²) in [7, 11) is 0. The van der Waals surface area contributed by atoms with Gasteiger partial charge in [-0.15, -0.1) is 0 Å². The van der Waals surface area contributed by atoms with Crippen molar-refractivity contribution in [3.05, 3.63) is 68.4 Å². The van der Waals surface area contributed by atoms with Crippen molar-refractivity contribution in [1.82, 2.24) is 0 Å². The molecule has 0 aliphatic carbocycles. The van der Waals surface area contributed by atoms with Crippen molar-refractivity contribution >= 4 is 35.2 Å². The van der Waals surface area contributed by atoms with Crippen LogP contribution in [0.3, 0.4) is 0 Å². The lowest BCUT2D eigenvalue weighted by molar-refractivity contribution is -0.384. The molecule has 2 aromatic carbocycles. The minimum Gasteiger partial charge on any atom is -0.507 e. The van der Waals surface area contributed by atoms with E-state index in [1.807, 2.05) is 6.92 Å². The molecule has 1 N–H and O–H groups in total. The monoisotopic (exact) mass is 388 g/mol. The average molecular weight is 389 g/mol. The van der Waals surface area contributed by atoms with E-state index in [0.717, 1.165) is 0 Å². The van der Waals surface area contributed by atoms with E-state index >= 15 is 0 Å². The molecule has 0 aromatic heterocycles. The highest BCUT2D eigenvalue weighted by Gasteiger charge is 2.26. The number of phenolic OH excluding ortho intramolecular Hbond substituents is 1. The van der Waals surface area contributed by atoms with Crippen molar-refractivity contribution in [2.45, 2.75) is 6.92 Å². The van der Waals surface area contributed by atoms with Crippen LogP contribution in [0.2, 0.25) is 5.02 Å². The minimum atomic E-state index is -0.740. The Morgan fingerprint density at radius 2 is 2.11 bits per heavy atom. The van der Waals surface area contributed by atoms with Gasteiger partial charge in [0.15, 0.2) is 5.70 Å². The summed E-state index contributed by atoms with van der Waals surface area (Å²) in [5.41, 5.74) is 0.202. The predicted molar refractivity (Wildman–Crippen MR) is 98.0 cm³/mol. The maximum Gasteiger partial charge on any atom is 0.363 e. The number of carbonyl (C=O) groups excluding carboxylic acids is 1. The number of aromatic hydroxyl groups is 1. The van der Waals surface area contributed by atoms with Crippen LogP contribution in [0.5, 0.6) is 11.5 Å². The van der Waals surface area contributed by atoms with E-state index in [1.165, 1.54) is 30.3 Å². The van der Waals surface area contributed by atoms with Crippen molar-refractivity contribution in [3.8, 4) is 11.5 Å². The lowest BCUT2D eigenvalue weighted by Gasteiger charge is -2.05. The Balaban J connectivity index is 1.94. The normalized spacial score (nSPS) is 14.8. The Kier molecular flexibility index (Phi) is 5.09. The molecule has 0 unspecified atom stereocenters. The van der Waals surface area contributed by atoms with Crippen LogP contribution >= 0.6 is 11.6 Å². The van der Waals surface area contributed by atoms with Crippen LogP contribution in [-0.4, -0.2) is 28.5 Å². The topological polar surface area (TPSA) is 111 Å². The summed E-state index contributed by atoms with van der Waals surface area (Å²) >= 11 is 5.78. The second-order valence-electron chi connectivity index (χ2n) is 5.41. The number of carbonyl (C=O) groups is 1. The number of phenols is 1. The van der Waals surface area contributed by atoms with Crippen LogP contribution in [0.25, 0.3) is 6.08 Å².